The molecular formula is C16H21ClN4O. The Balaban J connectivity index is 0.00000176. The van der Waals surface area contributed by atoms with Crippen molar-refractivity contribution in [2.75, 3.05) is 13.1 Å². The number of piperazine rings is 1. The molecule has 2 unspecified atom stereocenters. The number of nitrogens with one attached hydrogen (secondary N) is 2. The highest BCUT2D eigenvalue weighted by Crippen LogP contribution is 2.19. The van der Waals surface area contributed by atoms with Gasteiger partial charge in [0.25, 0.3) is 5.91 Å². The number of carbonyl (C=O) groups excluding carboxylic acids is 1. The summed E-state index contributed by atoms with van der Waals surface area (Å²) in [6.45, 7) is 5.73. The fourth-order valence-electron chi connectivity index (χ4n) is 2.69. The van der Waals surface area contributed by atoms with E-state index in [1.165, 1.54) is 0 Å². The lowest BCUT2D eigenvalue weighted by Gasteiger charge is -2.38. The number of nitrogens with zero attached hydrogens (tertiary/aromatic N) is 2. The van der Waals surface area contributed by atoms with Gasteiger partial charge in [0.2, 0.25) is 0 Å². The van der Waals surface area contributed by atoms with E-state index in [1.807, 2.05) is 41.3 Å². The molecule has 0 aliphatic carbocycles. The van der Waals surface area contributed by atoms with Gasteiger partial charge in [-0.05, 0) is 19.9 Å². The van der Waals surface area contributed by atoms with Gasteiger partial charge in [-0.1, -0.05) is 30.3 Å². The first-order chi connectivity index (χ1) is 10.2. The lowest BCUT2D eigenvalue weighted by Crippen LogP contribution is -2.57. The molecule has 1 fully saturated rings. The highest BCUT2D eigenvalue weighted by atomic mass is 35.5. The number of benzene rings is 1. The molecule has 0 saturated carbocycles. The summed E-state index contributed by atoms with van der Waals surface area (Å²) in [5, 5.41) is 10.5. The minimum Gasteiger partial charge on any atom is -0.332 e. The maximum absolute atomic E-state index is 12.6. The van der Waals surface area contributed by atoms with Gasteiger partial charge in [0.15, 0.2) is 0 Å². The smallest absolute Gasteiger partial charge is 0.272 e. The van der Waals surface area contributed by atoms with Crippen molar-refractivity contribution in [2.45, 2.75) is 25.9 Å². The Morgan fingerprint density at radius 2 is 2.00 bits per heavy atom. The summed E-state index contributed by atoms with van der Waals surface area (Å²) >= 11 is 0. The first kappa shape index (κ1) is 16.5. The van der Waals surface area contributed by atoms with Crippen molar-refractivity contribution >= 4 is 18.3 Å². The first-order valence-electron chi connectivity index (χ1n) is 7.32. The largest absolute Gasteiger partial charge is 0.332 e. The maximum atomic E-state index is 12.6. The number of aromatic nitrogens is 2. The first-order valence-corrected chi connectivity index (χ1v) is 7.32. The predicted octanol–water partition coefficient (Wildman–Crippen LogP) is 2.32. The van der Waals surface area contributed by atoms with Gasteiger partial charge in [-0.15, -0.1) is 12.4 Å². The van der Waals surface area contributed by atoms with Crippen LogP contribution in [0.4, 0.5) is 0 Å². The van der Waals surface area contributed by atoms with Crippen LogP contribution in [0.1, 0.15) is 24.3 Å². The van der Waals surface area contributed by atoms with Crippen LogP contribution in [-0.2, 0) is 0 Å². The third kappa shape index (κ3) is 3.15. The summed E-state index contributed by atoms with van der Waals surface area (Å²) in [6, 6.07) is 12.2. The Morgan fingerprint density at radius 3 is 2.73 bits per heavy atom. The van der Waals surface area contributed by atoms with Gasteiger partial charge < -0.3 is 10.2 Å². The van der Waals surface area contributed by atoms with Gasteiger partial charge in [0.05, 0.1) is 5.69 Å². The van der Waals surface area contributed by atoms with E-state index in [9.17, 15) is 4.79 Å². The highest BCUT2D eigenvalue weighted by Gasteiger charge is 2.29. The molecule has 1 saturated heterocycles. The lowest BCUT2D eigenvalue weighted by atomic mass is 10.1. The van der Waals surface area contributed by atoms with E-state index in [0.29, 0.717) is 11.7 Å². The number of aromatic amines is 1. The second-order valence-electron chi connectivity index (χ2n) is 5.51. The molecule has 2 atom stereocenters. The Labute approximate surface area is 136 Å². The SMILES string of the molecule is CC1NCCN(C(=O)c2cc(-c3ccccc3)n[nH]2)C1C.Cl. The molecule has 2 aromatic rings. The minimum absolute atomic E-state index is 0. The second-order valence-corrected chi connectivity index (χ2v) is 5.51. The number of carbonyl (C=O) groups is 1. The summed E-state index contributed by atoms with van der Waals surface area (Å²) in [4.78, 5) is 14.5. The molecule has 1 amide bonds. The van der Waals surface area contributed by atoms with Crippen molar-refractivity contribution in [1.29, 1.82) is 0 Å². The fourth-order valence-corrected chi connectivity index (χ4v) is 2.69. The van der Waals surface area contributed by atoms with Crippen LogP contribution < -0.4 is 5.32 Å². The Bertz CT molecular complexity index is 628. The molecule has 1 aromatic carbocycles. The minimum atomic E-state index is 0. The molecule has 3 rings (SSSR count). The standard InChI is InChI=1S/C16H20N4O.ClH/c1-11-12(2)20(9-8-17-11)16(21)15-10-14(18-19-15)13-6-4-3-5-7-13;/h3-7,10-12,17H,8-9H2,1-2H3,(H,18,19);1H. The quantitative estimate of drug-likeness (QED) is 0.892. The van der Waals surface area contributed by atoms with Crippen molar-refractivity contribution in [1.82, 2.24) is 20.4 Å². The molecule has 5 nitrogen and oxygen atoms in total. The average Bonchev–Trinajstić information content (AvgIpc) is 3.00. The highest BCUT2D eigenvalue weighted by molar-refractivity contribution is 5.93. The summed E-state index contributed by atoms with van der Waals surface area (Å²) < 4.78 is 0. The van der Waals surface area contributed by atoms with Crippen LogP contribution >= 0.6 is 12.4 Å². The molecule has 0 spiro atoms. The van der Waals surface area contributed by atoms with E-state index in [1.54, 1.807) is 0 Å². The second kappa shape index (κ2) is 6.94. The van der Waals surface area contributed by atoms with Crippen LogP contribution in [0.15, 0.2) is 36.4 Å². The van der Waals surface area contributed by atoms with Crippen LogP contribution in [0.5, 0.6) is 0 Å². The van der Waals surface area contributed by atoms with E-state index in [2.05, 4.69) is 29.4 Å². The monoisotopic (exact) mass is 320 g/mol. The van der Waals surface area contributed by atoms with E-state index < -0.39 is 0 Å². The third-order valence-electron chi connectivity index (χ3n) is 4.17. The van der Waals surface area contributed by atoms with Crippen LogP contribution in [0.3, 0.4) is 0 Å². The molecule has 0 radical (unpaired) electrons. The van der Waals surface area contributed by atoms with Gasteiger partial charge in [0, 0.05) is 30.7 Å². The molecule has 2 N–H and O–H groups in total. The zero-order chi connectivity index (χ0) is 14.8. The lowest BCUT2D eigenvalue weighted by molar-refractivity contribution is 0.0597. The molecule has 1 aliphatic rings. The number of H-pyrrole nitrogens is 1. The zero-order valence-corrected chi connectivity index (χ0v) is 13.6. The molecule has 1 aromatic heterocycles. The Hall–Kier alpha value is -1.85. The normalized spacial score (nSPS) is 21.3. The van der Waals surface area contributed by atoms with Crippen molar-refractivity contribution in [3.8, 4) is 11.3 Å². The molecule has 6 heteroatoms. The third-order valence-corrected chi connectivity index (χ3v) is 4.17. The molecular weight excluding hydrogens is 300 g/mol. The van der Waals surface area contributed by atoms with Crippen molar-refractivity contribution in [3.63, 3.8) is 0 Å². The zero-order valence-electron chi connectivity index (χ0n) is 12.7. The van der Waals surface area contributed by atoms with Crippen LogP contribution in [0, 0.1) is 0 Å². The number of halogens is 1. The van der Waals surface area contributed by atoms with E-state index in [-0.39, 0.29) is 24.4 Å². The summed E-state index contributed by atoms with van der Waals surface area (Å²) in [7, 11) is 0. The number of rotatable bonds is 2. The van der Waals surface area contributed by atoms with E-state index in [0.717, 1.165) is 24.3 Å². The van der Waals surface area contributed by atoms with E-state index >= 15 is 0 Å². The fraction of sp³-hybridized carbons (Fsp3) is 0.375. The van der Waals surface area contributed by atoms with E-state index in [4.69, 9.17) is 0 Å². The number of hydrogen-bond donors (Lipinski definition) is 2. The number of amides is 1. The van der Waals surface area contributed by atoms with Gasteiger partial charge >= 0.3 is 0 Å². The van der Waals surface area contributed by atoms with Crippen molar-refractivity contribution in [3.05, 3.63) is 42.1 Å². The summed E-state index contributed by atoms with van der Waals surface area (Å²) in [5.41, 5.74) is 2.36. The van der Waals surface area contributed by atoms with Crippen LogP contribution in [0.25, 0.3) is 11.3 Å². The van der Waals surface area contributed by atoms with Gasteiger partial charge in [-0.2, -0.15) is 5.10 Å². The van der Waals surface area contributed by atoms with Gasteiger partial charge in [0.1, 0.15) is 5.69 Å². The summed E-state index contributed by atoms with van der Waals surface area (Å²) in [6.07, 6.45) is 0. The summed E-state index contributed by atoms with van der Waals surface area (Å²) in [5.74, 6) is 0.0190. The van der Waals surface area contributed by atoms with Crippen molar-refractivity contribution < 1.29 is 4.79 Å². The molecule has 118 valence electrons. The van der Waals surface area contributed by atoms with Crippen LogP contribution in [-0.4, -0.2) is 46.2 Å². The Morgan fingerprint density at radius 1 is 1.27 bits per heavy atom. The number of hydrogen-bond acceptors (Lipinski definition) is 3. The topological polar surface area (TPSA) is 61.0 Å². The van der Waals surface area contributed by atoms with Gasteiger partial charge in [-0.3, -0.25) is 9.89 Å². The Kier molecular flexibility index (Phi) is 5.21. The average molecular weight is 321 g/mol. The van der Waals surface area contributed by atoms with Crippen LogP contribution in [0.2, 0.25) is 0 Å². The van der Waals surface area contributed by atoms with Crippen molar-refractivity contribution in [2.24, 2.45) is 0 Å². The predicted molar refractivity (Wildman–Crippen MR) is 89.2 cm³/mol. The maximum Gasteiger partial charge on any atom is 0.272 e. The molecule has 1 aliphatic heterocycles. The van der Waals surface area contributed by atoms with Gasteiger partial charge in [-0.25, -0.2) is 0 Å². The molecule has 0 bridgehead atoms. The molecule has 2 heterocycles. The molecule has 22 heavy (non-hydrogen) atoms.